The number of carbonyl (C=O) groups excluding carboxylic acids is 2. The van der Waals surface area contributed by atoms with Crippen molar-refractivity contribution in [2.45, 2.75) is 59.4 Å². The van der Waals surface area contributed by atoms with Crippen LogP contribution in [0.1, 0.15) is 74.4 Å². The summed E-state index contributed by atoms with van der Waals surface area (Å²) in [6.07, 6.45) is 5.29. The summed E-state index contributed by atoms with van der Waals surface area (Å²) in [5, 5.41) is 10.2. The van der Waals surface area contributed by atoms with Gasteiger partial charge in [0.05, 0.1) is 11.9 Å². The topological polar surface area (TPSA) is 104 Å². The summed E-state index contributed by atoms with van der Waals surface area (Å²) in [6.45, 7) is 9.95. The number of hydrogen-bond donors (Lipinski definition) is 2. The molecule has 1 aliphatic heterocycles. The van der Waals surface area contributed by atoms with E-state index in [-0.39, 0.29) is 29.0 Å². The van der Waals surface area contributed by atoms with Crippen LogP contribution < -0.4 is 5.32 Å². The number of amides is 2. The van der Waals surface area contributed by atoms with Crippen molar-refractivity contribution >= 4 is 11.8 Å². The number of nitrogens with one attached hydrogen (secondary N) is 2. The van der Waals surface area contributed by atoms with E-state index in [4.69, 9.17) is 4.42 Å². The maximum absolute atomic E-state index is 13.0. The van der Waals surface area contributed by atoms with Crippen molar-refractivity contribution in [2.24, 2.45) is 5.41 Å². The Morgan fingerprint density at radius 2 is 1.97 bits per heavy atom. The van der Waals surface area contributed by atoms with E-state index in [1.807, 2.05) is 43.0 Å². The Kier molecular flexibility index (Phi) is 6.86. The monoisotopic (exact) mass is 463 g/mol. The van der Waals surface area contributed by atoms with Gasteiger partial charge in [0, 0.05) is 30.3 Å². The molecule has 1 fully saturated rings. The summed E-state index contributed by atoms with van der Waals surface area (Å²) >= 11 is 0. The van der Waals surface area contributed by atoms with Crippen molar-refractivity contribution in [3.63, 3.8) is 0 Å². The molecular formula is C26H33N5O3. The third-order valence-corrected chi connectivity index (χ3v) is 6.46. The van der Waals surface area contributed by atoms with E-state index in [2.05, 4.69) is 34.3 Å². The van der Waals surface area contributed by atoms with Gasteiger partial charge in [-0.2, -0.15) is 5.10 Å². The molecule has 8 heteroatoms. The lowest BCUT2D eigenvalue weighted by Crippen LogP contribution is -2.43. The highest BCUT2D eigenvalue weighted by molar-refractivity contribution is 5.93. The van der Waals surface area contributed by atoms with Gasteiger partial charge >= 0.3 is 0 Å². The Morgan fingerprint density at radius 3 is 2.71 bits per heavy atom. The van der Waals surface area contributed by atoms with Gasteiger partial charge in [0.15, 0.2) is 5.69 Å². The fourth-order valence-electron chi connectivity index (χ4n) is 4.42. The number of likely N-dealkylation sites (tertiary alicyclic amines) is 1. The second kappa shape index (κ2) is 9.83. The highest BCUT2D eigenvalue weighted by Crippen LogP contribution is 2.30. The molecule has 8 nitrogen and oxygen atoms in total. The van der Waals surface area contributed by atoms with E-state index < -0.39 is 0 Å². The van der Waals surface area contributed by atoms with Gasteiger partial charge < -0.3 is 14.6 Å². The first-order chi connectivity index (χ1) is 16.3. The van der Waals surface area contributed by atoms with Gasteiger partial charge in [0.2, 0.25) is 11.7 Å². The molecular weight excluding hydrogens is 430 g/mol. The zero-order chi connectivity index (χ0) is 24.3. The predicted octanol–water partition coefficient (Wildman–Crippen LogP) is 4.91. The zero-order valence-electron chi connectivity index (χ0n) is 20.4. The fourth-order valence-corrected chi connectivity index (χ4v) is 4.42. The Bertz CT molecular complexity index is 1160. The molecule has 180 valence electrons. The molecule has 2 aromatic heterocycles. The van der Waals surface area contributed by atoms with Gasteiger partial charge in [0.1, 0.15) is 0 Å². The highest BCUT2D eigenvalue weighted by atomic mass is 16.4. The van der Waals surface area contributed by atoms with Crippen molar-refractivity contribution < 1.29 is 14.0 Å². The van der Waals surface area contributed by atoms with E-state index in [1.54, 1.807) is 6.07 Å². The lowest BCUT2D eigenvalue weighted by Gasteiger charge is -2.37. The minimum Gasteiger partial charge on any atom is -0.431 e. The summed E-state index contributed by atoms with van der Waals surface area (Å²) in [5.74, 6) is 0.238. The first-order valence-corrected chi connectivity index (χ1v) is 12.0. The number of carbonyl (C=O) groups is 2. The Hall–Kier alpha value is -3.42. The molecule has 3 heterocycles. The van der Waals surface area contributed by atoms with Crippen LogP contribution in [-0.2, 0) is 0 Å². The van der Waals surface area contributed by atoms with Gasteiger partial charge in [0.25, 0.3) is 11.8 Å². The van der Waals surface area contributed by atoms with Crippen LogP contribution in [0, 0.1) is 5.41 Å². The standard InChI is InChI=1S/C26H33N5O3/c1-5-19(6-2)28-23(32)22-15-27-24(34-22)18-10-7-9-17(13-18)20-14-21(30-29-20)25(33)31-12-8-11-26(3,4)16-31/h7,9-10,13-15,19H,5-6,8,11-12,16H2,1-4H3,(H,28,32)(H,29,30). The number of aromatic nitrogens is 3. The molecule has 0 aliphatic carbocycles. The first kappa shape index (κ1) is 23.7. The van der Waals surface area contributed by atoms with Crippen molar-refractivity contribution in [3.8, 4) is 22.7 Å². The van der Waals surface area contributed by atoms with Gasteiger partial charge in [-0.3, -0.25) is 14.7 Å². The number of aromatic amines is 1. The Labute approximate surface area is 200 Å². The van der Waals surface area contributed by atoms with E-state index in [9.17, 15) is 9.59 Å². The number of piperidine rings is 1. The second-order valence-corrected chi connectivity index (χ2v) is 9.76. The number of H-pyrrole nitrogens is 1. The molecule has 4 rings (SSSR count). The SMILES string of the molecule is CCC(CC)NC(=O)c1cnc(-c2cccc(-c3cc(C(=O)N4CCCC(C)(C)C4)n[nH]3)c2)o1. The van der Waals surface area contributed by atoms with E-state index in [0.29, 0.717) is 11.6 Å². The predicted molar refractivity (Wildman–Crippen MR) is 130 cm³/mol. The van der Waals surface area contributed by atoms with Gasteiger partial charge in [-0.15, -0.1) is 0 Å². The average molecular weight is 464 g/mol. The minimum absolute atomic E-state index is 0.0488. The van der Waals surface area contributed by atoms with Gasteiger partial charge in [-0.1, -0.05) is 39.8 Å². The lowest BCUT2D eigenvalue weighted by molar-refractivity contribution is 0.0577. The maximum atomic E-state index is 13.0. The third-order valence-electron chi connectivity index (χ3n) is 6.46. The van der Waals surface area contributed by atoms with Gasteiger partial charge in [-0.25, -0.2) is 4.98 Å². The molecule has 0 unspecified atom stereocenters. The fraction of sp³-hybridized carbons (Fsp3) is 0.462. The number of oxazole rings is 1. The molecule has 1 aliphatic rings. The van der Waals surface area contributed by atoms with Crippen LogP contribution in [0.3, 0.4) is 0 Å². The first-order valence-electron chi connectivity index (χ1n) is 12.0. The molecule has 34 heavy (non-hydrogen) atoms. The minimum atomic E-state index is -0.263. The van der Waals surface area contributed by atoms with Crippen LogP contribution in [0.25, 0.3) is 22.7 Å². The van der Waals surface area contributed by atoms with Crippen molar-refractivity contribution in [3.05, 3.63) is 48.0 Å². The molecule has 1 aromatic carbocycles. The lowest BCUT2D eigenvalue weighted by atomic mass is 9.84. The third kappa shape index (κ3) is 5.21. The number of benzene rings is 1. The summed E-state index contributed by atoms with van der Waals surface area (Å²) in [7, 11) is 0. The van der Waals surface area contributed by atoms with Crippen LogP contribution >= 0.6 is 0 Å². The van der Waals surface area contributed by atoms with E-state index >= 15 is 0 Å². The quantitative estimate of drug-likeness (QED) is 0.518. The molecule has 3 aromatic rings. The molecule has 1 saturated heterocycles. The van der Waals surface area contributed by atoms with Crippen molar-refractivity contribution in [1.29, 1.82) is 0 Å². The molecule has 2 N–H and O–H groups in total. The number of nitrogens with zero attached hydrogens (tertiary/aromatic N) is 3. The number of hydrogen-bond acceptors (Lipinski definition) is 5. The molecule has 2 amide bonds. The van der Waals surface area contributed by atoms with Crippen molar-refractivity contribution in [1.82, 2.24) is 25.4 Å². The molecule has 0 atom stereocenters. The van der Waals surface area contributed by atoms with Gasteiger partial charge in [-0.05, 0) is 49.3 Å². The molecule has 0 spiro atoms. The second-order valence-electron chi connectivity index (χ2n) is 9.76. The number of rotatable bonds is 7. The van der Waals surface area contributed by atoms with Crippen LogP contribution in [0.5, 0.6) is 0 Å². The smallest absolute Gasteiger partial charge is 0.288 e. The Morgan fingerprint density at radius 1 is 1.21 bits per heavy atom. The summed E-state index contributed by atoms with van der Waals surface area (Å²) in [6, 6.07) is 9.48. The highest BCUT2D eigenvalue weighted by Gasteiger charge is 2.30. The van der Waals surface area contributed by atoms with E-state index in [1.165, 1.54) is 6.20 Å². The average Bonchev–Trinajstić information content (AvgIpc) is 3.52. The molecule has 0 bridgehead atoms. The summed E-state index contributed by atoms with van der Waals surface area (Å²) in [4.78, 5) is 31.6. The van der Waals surface area contributed by atoms with E-state index in [0.717, 1.165) is 55.6 Å². The van der Waals surface area contributed by atoms with Crippen LogP contribution in [-0.4, -0.2) is 51.0 Å². The van der Waals surface area contributed by atoms with Crippen molar-refractivity contribution in [2.75, 3.05) is 13.1 Å². The summed E-state index contributed by atoms with van der Waals surface area (Å²) in [5.41, 5.74) is 2.86. The summed E-state index contributed by atoms with van der Waals surface area (Å²) < 4.78 is 5.74. The largest absolute Gasteiger partial charge is 0.431 e. The molecule has 0 radical (unpaired) electrons. The van der Waals surface area contributed by atoms with Crippen LogP contribution in [0.2, 0.25) is 0 Å². The Balaban J connectivity index is 1.50. The van der Waals surface area contributed by atoms with Crippen LogP contribution in [0.4, 0.5) is 0 Å². The zero-order valence-corrected chi connectivity index (χ0v) is 20.4. The molecule has 0 saturated carbocycles. The van der Waals surface area contributed by atoms with Crippen LogP contribution in [0.15, 0.2) is 40.9 Å². The maximum Gasteiger partial charge on any atom is 0.288 e. The normalized spacial score (nSPS) is 15.5.